The highest BCUT2D eigenvalue weighted by Crippen LogP contribution is 2.23. The Bertz CT molecular complexity index is 248. The SMILES string of the molecule is C=C(CC1CCCN(C(C)C)C1)C(=O)O. The van der Waals surface area contributed by atoms with Crippen LogP contribution in [0.5, 0.6) is 0 Å². The number of nitrogens with zero attached hydrogens (tertiary/aromatic N) is 1. The average Bonchev–Trinajstić information content (AvgIpc) is 2.18. The molecule has 1 atom stereocenters. The topological polar surface area (TPSA) is 40.5 Å². The molecule has 1 aliphatic rings. The molecule has 1 saturated heterocycles. The minimum Gasteiger partial charge on any atom is -0.478 e. The molecule has 0 saturated carbocycles. The van der Waals surface area contributed by atoms with Crippen molar-refractivity contribution in [1.82, 2.24) is 4.90 Å². The molecule has 0 bridgehead atoms. The third-order valence-corrected chi connectivity index (χ3v) is 3.12. The molecule has 0 radical (unpaired) electrons. The molecule has 0 aliphatic carbocycles. The molecule has 1 rings (SSSR count). The van der Waals surface area contributed by atoms with E-state index in [0.29, 0.717) is 24.0 Å². The van der Waals surface area contributed by atoms with Crippen molar-refractivity contribution in [2.24, 2.45) is 5.92 Å². The molecular weight excluding hydrogens is 190 g/mol. The maximum atomic E-state index is 10.7. The molecule has 1 unspecified atom stereocenters. The molecule has 86 valence electrons. The van der Waals surface area contributed by atoms with Crippen LogP contribution in [-0.4, -0.2) is 35.1 Å². The molecule has 0 aromatic rings. The molecule has 1 heterocycles. The molecule has 0 aromatic carbocycles. The van der Waals surface area contributed by atoms with Gasteiger partial charge in [0.2, 0.25) is 0 Å². The van der Waals surface area contributed by atoms with E-state index >= 15 is 0 Å². The van der Waals surface area contributed by atoms with E-state index in [9.17, 15) is 4.79 Å². The Balaban J connectivity index is 2.43. The summed E-state index contributed by atoms with van der Waals surface area (Å²) in [5, 5.41) is 8.77. The number of hydrogen-bond donors (Lipinski definition) is 1. The summed E-state index contributed by atoms with van der Waals surface area (Å²) < 4.78 is 0. The van der Waals surface area contributed by atoms with Gasteiger partial charge in [-0.1, -0.05) is 6.58 Å². The first-order valence-electron chi connectivity index (χ1n) is 5.65. The van der Waals surface area contributed by atoms with E-state index in [-0.39, 0.29) is 0 Å². The van der Waals surface area contributed by atoms with Crippen molar-refractivity contribution in [3.05, 3.63) is 12.2 Å². The van der Waals surface area contributed by atoms with Gasteiger partial charge in [0, 0.05) is 18.2 Å². The summed E-state index contributed by atoms with van der Waals surface area (Å²) >= 11 is 0. The van der Waals surface area contributed by atoms with E-state index in [1.807, 2.05) is 0 Å². The Labute approximate surface area is 91.8 Å². The van der Waals surface area contributed by atoms with Gasteiger partial charge in [-0.15, -0.1) is 0 Å². The number of rotatable bonds is 4. The lowest BCUT2D eigenvalue weighted by atomic mass is 9.91. The third-order valence-electron chi connectivity index (χ3n) is 3.12. The number of carboxylic acid groups (broad SMARTS) is 1. The number of hydrogen-bond acceptors (Lipinski definition) is 2. The highest BCUT2D eigenvalue weighted by Gasteiger charge is 2.23. The van der Waals surface area contributed by atoms with Crippen LogP contribution in [0.4, 0.5) is 0 Å². The van der Waals surface area contributed by atoms with Gasteiger partial charge in [0.25, 0.3) is 0 Å². The highest BCUT2D eigenvalue weighted by atomic mass is 16.4. The van der Waals surface area contributed by atoms with Crippen LogP contribution in [0.15, 0.2) is 12.2 Å². The van der Waals surface area contributed by atoms with Crippen LogP contribution >= 0.6 is 0 Å². The highest BCUT2D eigenvalue weighted by molar-refractivity contribution is 5.85. The largest absolute Gasteiger partial charge is 0.478 e. The smallest absolute Gasteiger partial charge is 0.330 e. The molecule has 1 N–H and O–H groups in total. The summed E-state index contributed by atoms with van der Waals surface area (Å²) in [5.74, 6) is -0.374. The zero-order valence-corrected chi connectivity index (χ0v) is 9.70. The van der Waals surface area contributed by atoms with Crippen LogP contribution in [0.25, 0.3) is 0 Å². The zero-order chi connectivity index (χ0) is 11.4. The van der Waals surface area contributed by atoms with E-state index < -0.39 is 5.97 Å². The lowest BCUT2D eigenvalue weighted by Gasteiger charge is -2.35. The maximum Gasteiger partial charge on any atom is 0.330 e. The number of aliphatic carboxylic acids is 1. The Hall–Kier alpha value is -0.830. The molecule has 3 heteroatoms. The monoisotopic (exact) mass is 211 g/mol. The van der Waals surface area contributed by atoms with Gasteiger partial charge in [0.1, 0.15) is 0 Å². The second-order valence-corrected chi connectivity index (χ2v) is 4.71. The second-order valence-electron chi connectivity index (χ2n) is 4.71. The van der Waals surface area contributed by atoms with Crippen molar-refractivity contribution >= 4 is 5.97 Å². The van der Waals surface area contributed by atoms with Crippen molar-refractivity contribution in [3.8, 4) is 0 Å². The number of carbonyl (C=O) groups is 1. The summed E-state index contributed by atoms with van der Waals surface area (Å²) in [4.78, 5) is 13.1. The summed E-state index contributed by atoms with van der Waals surface area (Å²) in [6, 6.07) is 0.561. The molecular formula is C12H21NO2. The maximum absolute atomic E-state index is 10.7. The van der Waals surface area contributed by atoms with Crippen molar-refractivity contribution < 1.29 is 9.90 Å². The lowest BCUT2D eigenvalue weighted by Crippen LogP contribution is -2.40. The Morgan fingerprint density at radius 3 is 2.80 bits per heavy atom. The Morgan fingerprint density at radius 1 is 1.60 bits per heavy atom. The van der Waals surface area contributed by atoms with Crippen molar-refractivity contribution in [1.29, 1.82) is 0 Å². The molecule has 0 amide bonds. The summed E-state index contributed by atoms with van der Waals surface area (Å²) in [6.07, 6.45) is 2.95. The second kappa shape index (κ2) is 5.31. The van der Waals surface area contributed by atoms with Crippen LogP contribution in [0.2, 0.25) is 0 Å². The van der Waals surface area contributed by atoms with Crippen molar-refractivity contribution in [3.63, 3.8) is 0 Å². The number of carboxylic acids is 1. The minimum absolute atomic E-state index is 0.352. The van der Waals surface area contributed by atoms with Crippen LogP contribution < -0.4 is 0 Å². The van der Waals surface area contributed by atoms with E-state index in [4.69, 9.17) is 5.11 Å². The molecule has 3 nitrogen and oxygen atoms in total. The van der Waals surface area contributed by atoms with Crippen LogP contribution in [0.3, 0.4) is 0 Å². The van der Waals surface area contributed by atoms with Gasteiger partial charge >= 0.3 is 5.97 Å². The first-order valence-corrected chi connectivity index (χ1v) is 5.65. The first kappa shape index (κ1) is 12.2. The fraction of sp³-hybridized carbons (Fsp3) is 0.750. The van der Waals surface area contributed by atoms with Crippen LogP contribution in [0, 0.1) is 5.92 Å². The van der Waals surface area contributed by atoms with E-state index in [0.717, 1.165) is 19.5 Å². The lowest BCUT2D eigenvalue weighted by molar-refractivity contribution is -0.132. The Kier molecular flexibility index (Phi) is 4.33. The van der Waals surface area contributed by atoms with E-state index in [1.54, 1.807) is 0 Å². The fourth-order valence-corrected chi connectivity index (χ4v) is 2.17. The van der Waals surface area contributed by atoms with Gasteiger partial charge in [-0.25, -0.2) is 4.79 Å². The quantitative estimate of drug-likeness (QED) is 0.724. The Morgan fingerprint density at radius 2 is 2.27 bits per heavy atom. The van der Waals surface area contributed by atoms with E-state index in [1.165, 1.54) is 6.42 Å². The van der Waals surface area contributed by atoms with Crippen molar-refractivity contribution in [2.45, 2.75) is 39.2 Å². The summed E-state index contributed by atoms with van der Waals surface area (Å²) in [6.45, 7) is 10.1. The molecule has 1 aliphatic heterocycles. The van der Waals surface area contributed by atoms with Crippen molar-refractivity contribution in [2.75, 3.05) is 13.1 Å². The molecule has 0 spiro atoms. The zero-order valence-electron chi connectivity index (χ0n) is 9.70. The number of piperidine rings is 1. The minimum atomic E-state index is -0.850. The third kappa shape index (κ3) is 3.67. The first-order chi connectivity index (χ1) is 7.00. The predicted molar refractivity (Wildman–Crippen MR) is 60.8 cm³/mol. The van der Waals surface area contributed by atoms with Crippen LogP contribution in [-0.2, 0) is 4.79 Å². The van der Waals surface area contributed by atoms with Gasteiger partial charge in [-0.2, -0.15) is 0 Å². The average molecular weight is 211 g/mol. The van der Waals surface area contributed by atoms with Gasteiger partial charge in [-0.3, -0.25) is 0 Å². The number of likely N-dealkylation sites (tertiary alicyclic amines) is 1. The van der Waals surface area contributed by atoms with Gasteiger partial charge < -0.3 is 10.0 Å². The van der Waals surface area contributed by atoms with Crippen LogP contribution in [0.1, 0.15) is 33.1 Å². The van der Waals surface area contributed by atoms with E-state index in [2.05, 4.69) is 25.3 Å². The standard InChI is InChI=1S/C12H21NO2/c1-9(2)13-6-4-5-11(8-13)7-10(3)12(14)15/h9,11H,3-8H2,1-2H3,(H,14,15). The van der Waals surface area contributed by atoms with Gasteiger partial charge in [0.05, 0.1) is 0 Å². The summed E-state index contributed by atoms with van der Waals surface area (Å²) in [7, 11) is 0. The predicted octanol–water partition coefficient (Wildman–Crippen LogP) is 2.14. The molecule has 0 aromatic heterocycles. The van der Waals surface area contributed by atoms with Gasteiger partial charge in [0.15, 0.2) is 0 Å². The molecule has 1 fully saturated rings. The molecule has 15 heavy (non-hydrogen) atoms. The normalized spacial score (nSPS) is 23.0. The fourth-order valence-electron chi connectivity index (χ4n) is 2.17. The van der Waals surface area contributed by atoms with Gasteiger partial charge in [-0.05, 0) is 45.6 Å². The summed E-state index contributed by atoms with van der Waals surface area (Å²) in [5.41, 5.74) is 0.352.